The Morgan fingerprint density at radius 1 is 1.46 bits per heavy atom. The average molecular weight is 394 g/mol. The minimum absolute atomic E-state index is 0.00509. The third-order valence-corrected chi connectivity index (χ3v) is 5.01. The highest BCUT2D eigenvalue weighted by Gasteiger charge is 2.37. The van der Waals surface area contributed by atoms with Crippen molar-refractivity contribution >= 4 is 46.3 Å². The fraction of sp³-hybridized carbons (Fsp3) is 0.389. The molecule has 8 heteroatoms. The maximum absolute atomic E-state index is 12.7. The van der Waals surface area contributed by atoms with Crippen molar-refractivity contribution in [3.63, 3.8) is 0 Å². The molecule has 1 heterocycles. The smallest absolute Gasteiger partial charge is 0.266 e. The van der Waals surface area contributed by atoms with Crippen molar-refractivity contribution in [1.82, 2.24) is 4.90 Å². The second-order valence-electron chi connectivity index (χ2n) is 6.18. The number of thiocarbonyl (C=S) groups is 1. The minimum atomic E-state index is -1.32. The zero-order chi connectivity index (χ0) is 19.4. The van der Waals surface area contributed by atoms with E-state index < -0.39 is 17.9 Å². The van der Waals surface area contributed by atoms with Gasteiger partial charge in [-0.05, 0) is 43.0 Å². The van der Waals surface area contributed by atoms with Gasteiger partial charge in [0.2, 0.25) is 0 Å². The number of carboxylic acid groups (broad SMARTS) is 1. The monoisotopic (exact) mass is 394 g/mol. The Kier molecular flexibility index (Phi) is 6.66. The van der Waals surface area contributed by atoms with Crippen LogP contribution in [0.2, 0.25) is 0 Å². The fourth-order valence-electron chi connectivity index (χ4n) is 2.55. The standard InChI is InChI=1S/C18H21NO5S2/c1-4-24-14-8-11(5-6-13(14)20)9-15-16(21)19(18(25)26-15)12(17(22)23)7-10(2)3/h5-6,8-10,12,20H,4,7H2,1-3H3,(H,22,23)/p-1/b15-9-/t12-/m0/s1. The summed E-state index contributed by atoms with van der Waals surface area (Å²) in [6.07, 6.45) is 1.86. The zero-order valence-electron chi connectivity index (χ0n) is 14.7. The van der Waals surface area contributed by atoms with E-state index in [1.807, 2.05) is 13.8 Å². The van der Waals surface area contributed by atoms with Crippen LogP contribution in [0.3, 0.4) is 0 Å². The molecule has 0 spiro atoms. The predicted octanol–water partition coefficient (Wildman–Crippen LogP) is 2.16. The Morgan fingerprint density at radius 2 is 2.15 bits per heavy atom. The summed E-state index contributed by atoms with van der Waals surface area (Å²) in [6, 6.07) is 3.62. The number of aromatic hydroxyl groups is 1. The van der Waals surface area contributed by atoms with Crippen LogP contribution in [0.15, 0.2) is 23.1 Å². The molecule has 1 amide bonds. The molecule has 0 aromatic heterocycles. The Bertz CT molecular complexity index is 760. The van der Waals surface area contributed by atoms with E-state index in [1.165, 1.54) is 6.07 Å². The number of phenols is 1. The summed E-state index contributed by atoms with van der Waals surface area (Å²) in [7, 11) is 0. The first-order valence-electron chi connectivity index (χ1n) is 8.18. The molecule has 0 saturated carbocycles. The lowest BCUT2D eigenvalue weighted by Crippen LogP contribution is -2.50. The van der Waals surface area contributed by atoms with Gasteiger partial charge in [-0.15, -0.1) is 0 Å². The summed E-state index contributed by atoms with van der Waals surface area (Å²) in [5.41, 5.74) is 0.639. The molecular formula is C18H20NO5S2-. The van der Waals surface area contributed by atoms with Crippen molar-refractivity contribution < 1.29 is 24.5 Å². The number of carboxylic acids is 1. The van der Waals surface area contributed by atoms with E-state index in [0.29, 0.717) is 22.8 Å². The third kappa shape index (κ3) is 4.56. The number of aliphatic carboxylic acids is 1. The molecule has 0 bridgehead atoms. The van der Waals surface area contributed by atoms with Crippen molar-refractivity contribution in [3.8, 4) is 11.5 Å². The first-order valence-corrected chi connectivity index (χ1v) is 9.40. The summed E-state index contributed by atoms with van der Waals surface area (Å²) in [5, 5.41) is 21.3. The molecule has 0 aliphatic carbocycles. The highest BCUT2D eigenvalue weighted by molar-refractivity contribution is 8.26. The van der Waals surface area contributed by atoms with Crippen LogP contribution in [0.25, 0.3) is 6.08 Å². The normalized spacial score (nSPS) is 17.2. The van der Waals surface area contributed by atoms with Crippen LogP contribution in [0.4, 0.5) is 0 Å². The number of hydrogen-bond donors (Lipinski definition) is 1. The van der Waals surface area contributed by atoms with E-state index in [9.17, 15) is 19.8 Å². The van der Waals surface area contributed by atoms with E-state index in [0.717, 1.165) is 16.7 Å². The topological polar surface area (TPSA) is 89.9 Å². The maximum atomic E-state index is 12.7. The number of hydrogen-bond acceptors (Lipinski definition) is 7. The van der Waals surface area contributed by atoms with E-state index >= 15 is 0 Å². The number of nitrogens with zero attached hydrogens (tertiary/aromatic N) is 1. The molecule has 1 aliphatic rings. The summed E-state index contributed by atoms with van der Waals surface area (Å²) >= 11 is 6.27. The van der Waals surface area contributed by atoms with Gasteiger partial charge in [-0.2, -0.15) is 0 Å². The lowest BCUT2D eigenvalue weighted by molar-refractivity contribution is -0.310. The SMILES string of the molecule is CCOc1cc(/C=C2\SC(=S)N([C@@H](CC(C)C)C(=O)[O-])C2=O)ccc1O. The Labute approximate surface area is 161 Å². The fourth-order valence-corrected chi connectivity index (χ4v) is 3.90. The largest absolute Gasteiger partial charge is 0.548 e. The average Bonchev–Trinajstić information content (AvgIpc) is 2.82. The molecule has 1 saturated heterocycles. The highest BCUT2D eigenvalue weighted by Crippen LogP contribution is 2.36. The van der Waals surface area contributed by atoms with Gasteiger partial charge in [0.15, 0.2) is 11.5 Å². The lowest BCUT2D eigenvalue weighted by Gasteiger charge is -2.28. The van der Waals surface area contributed by atoms with Gasteiger partial charge >= 0.3 is 0 Å². The molecule has 1 fully saturated rings. The Balaban J connectivity index is 2.31. The van der Waals surface area contributed by atoms with Crippen LogP contribution >= 0.6 is 24.0 Å². The van der Waals surface area contributed by atoms with Gasteiger partial charge in [-0.25, -0.2) is 0 Å². The second-order valence-corrected chi connectivity index (χ2v) is 7.85. The van der Waals surface area contributed by atoms with Crippen molar-refractivity contribution in [2.45, 2.75) is 33.2 Å². The maximum Gasteiger partial charge on any atom is 0.266 e. The number of ether oxygens (including phenoxy) is 1. The van der Waals surface area contributed by atoms with Gasteiger partial charge < -0.3 is 19.7 Å². The van der Waals surface area contributed by atoms with Crippen molar-refractivity contribution in [3.05, 3.63) is 28.7 Å². The Hall–Kier alpha value is -2.06. The number of phenolic OH excluding ortho intramolecular Hbond substituents is 1. The molecule has 2 rings (SSSR count). The van der Waals surface area contributed by atoms with Crippen molar-refractivity contribution in [2.75, 3.05) is 6.61 Å². The van der Waals surface area contributed by atoms with E-state index in [4.69, 9.17) is 17.0 Å². The first kappa shape index (κ1) is 20.3. The van der Waals surface area contributed by atoms with Crippen LogP contribution in [0, 0.1) is 5.92 Å². The predicted molar refractivity (Wildman–Crippen MR) is 103 cm³/mol. The van der Waals surface area contributed by atoms with E-state index in [-0.39, 0.29) is 22.4 Å². The number of thioether (sulfide) groups is 1. The van der Waals surface area contributed by atoms with Gasteiger partial charge in [0.05, 0.1) is 23.5 Å². The second kappa shape index (κ2) is 8.55. The van der Waals surface area contributed by atoms with E-state index in [1.54, 1.807) is 25.1 Å². The number of rotatable bonds is 7. The molecule has 0 radical (unpaired) electrons. The minimum Gasteiger partial charge on any atom is -0.548 e. The molecule has 1 aliphatic heterocycles. The van der Waals surface area contributed by atoms with Gasteiger partial charge in [0, 0.05) is 0 Å². The zero-order valence-corrected chi connectivity index (χ0v) is 16.4. The molecule has 26 heavy (non-hydrogen) atoms. The molecule has 1 aromatic rings. The molecule has 1 atom stereocenters. The summed E-state index contributed by atoms with van der Waals surface area (Å²) in [5.74, 6) is -1.40. The van der Waals surface area contributed by atoms with Crippen LogP contribution < -0.4 is 9.84 Å². The van der Waals surface area contributed by atoms with Gasteiger partial charge in [-0.1, -0.05) is 43.9 Å². The number of benzene rings is 1. The van der Waals surface area contributed by atoms with Gasteiger partial charge in [-0.3, -0.25) is 9.69 Å². The van der Waals surface area contributed by atoms with Crippen LogP contribution in [0.1, 0.15) is 32.8 Å². The summed E-state index contributed by atoms with van der Waals surface area (Å²) < 4.78 is 5.53. The summed E-state index contributed by atoms with van der Waals surface area (Å²) in [4.78, 5) is 25.6. The van der Waals surface area contributed by atoms with Gasteiger partial charge in [0.1, 0.15) is 4.32 Å². The first-order chi connectivity index (χ1) is 12.2. The number of amides is 1. The molecule has 1 aromatic carbocycles. The van der Waals surface area contributed by atoms with Crippen LogP contribution in [0.5, 0.6) is 11.5 Å². The molecule has 140 valence electrons. The number of carbonyl (C=O) groups is 2. The molecule has 0 unspecified atom stereocenters. The van der Waals surface area contributed by atoms with Crippen LogP contribution in [-0.2, 0) is 9.59 Å². The van der Waals surface area contributed by atoms with E-state index in [2.05, 4.69) is 0 Å². The molecule has 6 nitrogen and oxygen atoms in total. The number of carbonyl (C=O) groups excluding carboxylic acids is 2. The molecule has 1 N–H and O–H groups in total. The van der Waals surface area contributed by atoms with Crippen LogP contribution in [-0.4, -0.2) is 38.9 Å². The lowest BCUT2D eigenvalue weighted by atomic mass is 10.0. The highest BCUT2D eigenvalue weighted by atomic mass is 32.2. The van der Waals surface area contributed by atoms with Gasteiger partial charge in [0.25, 0.3) is 5.91 Å². The molecular weight excluding hydrogens is 374 g/mol. The van der Waals surface area contributed by atoms with Crippen molar-refractivity contribution in [2.24, 2.45) is 5.92 Å². The Morgan fingerprint density at radius 3 is 2.73 bits per heavy atom. The quantitative estimate of drug-likeness (QED) is 0.560. The summed E-state index contributed by atoms with van der Waals surface area (Å²) in [6.45, 7) is 5.93. The third-order valence-electron chi connectivity index (χ3n) is 3.68. The van der Waals surface area contributed by atoms with Crippen molar-refractivity contribution in [1.29, 1.82) is 0 Å².